The lowest BCUT2D eigenvalue weighted by atomic mass is 9.89. The van der Waals surface area contributed by atoms with Gasteiger partial charge in [0.05, 0.1) is 0 Å². The summed E-state index contributed by atoms with van der Waals surface area (Å²) in [6, 6.07) is 0. The summed E-state index contributed by atoms with van der Waals surface area (Å²) in [6.45, 7) is 3.57. The van der Waals surface area contributed by atoms with Crippen molar-refractivity contribution in [1.29, 1.82) is 0 Å². The van der Waals surface area contributed by atoms with E-state index in [9.17, 15) is 0 Å². The minimum absolute atomic E-state index is 0.610. The van der Waals surface area contributed by atoms with Gasteiger partial charge in [0.25, 0.3) is 0 Å². The fraction of sp³-hybridized carbons (Fsp3) is 1.00. The molecule has 2 nitrogen and oxygen atoms in total. The average Bonchev–Trinajstić information content (AvgIpc) is 2.58. The Balaban J connectivity index is 1.97. The predicted molar refractivity (Wildman–Crippen MR) is 51.1 cm³/mol. The van der Waals surface area contributed by atoms with Crippen molar-refractivity contribution in [2.45, 2.75) is 44.1 Å². The first-order chi connectivity index (χ1) is 5.87. The second-order valence-corrected chi connectivity index (χ2v) is 4.31. The molecule has 0 aliphatic carbocycles. The molecule has 0 aromatic rings. The second-order valence-electron chi connectivity index (χ2n) is 4.31. The number of fused-ring (bicyclic) bond motifs is 1. The normalized spacial score (nSPS) is 27.8. The number of nitrogens with two attached hydrogens (primary N) is 1. The zero-order chi connectivity index (χ0) is 8.44. The van der Waals surface area contributed by atoms with E-state index in [2.05, 4.69) is 4.90 Å². The fourth-order valence-corrected chi connectivity index (χ4v) is 3.06. The Morgan fingerprint density at radius 2 is 1.83 bits per heavy atom. The zero-order valence-electron chi connectivity index (χ0n) is 7.89. The third kappa shape index (κ3) is 1.27. The van der Waals surface area contributed by atoms with Crippen LogP contribution in [0.2, 0.25) is 0 Å². The van der Waals surface area contributed by atoms with Gasteiger partial charge in [0, 0.05) is 5.54 Å². The first-order valence-corrected chi connectivity index (χ1v) is 5.32. The van der Waals surface area contributed by atoms with Gasteiger partial charge in [-0.3, -0.25) is 4.90 Å². The van der Waals surface area contributed by atoms with Gasteiger partial charge in [-0.2, -0.15) is 0 Å². The average molecular weight is 168 g/mol. The van der Waals surface area contributed by atoms with Crippen LogP contribution in [-0.4, -0.2) is 30.1 Å². The van der Waals surface area contributed by atoms with E-state index in [1.807, 2.05) is 0 Å². The molecule has 0 amide bonds. The van der Waals surface area contributed by atoms with Crippen LogP contribution in [0, 0.1) is 0 Å². The molecule has 2 N–H and O–H groups in total. The van der Waals surface area contributed by atoms with Crippen LogP contribution in [0.3, 0.4) is 0 Å². The quantitative estimate of drug-likeness (QED) is 0.689. The smallest absolute Gasteiger partial charge is 0.0211 e. The largest absolute Gasteiger partial charge is 0.330 e. The van der Waals surface area contributed by atoms with Crippen LogP contribution in [0.15, 0.2) is 0 Å². The molecule has 0 unspecified atom stereocenters. The highest BCUT2D eigenvalue weighted by atomic mass is 15.2. The minimum atomic E-state index is 0.610. The van der Waals surface area contributed by atoms with Crippen molar-refractivity contribution in [1.82, 2.24) is 4.90 Å². The Kier molecular flexibility index (Phi) is 2.37. The van der Waals surface area contributed by atoms with Gasteiger partial charge in [-0.05, 0) is 58.2 Å². The molecule has 2 rings (SSSR count). The van der Waals surface area contributed by atoms with Crippen LogP contribution >= 0.6 is 0 Å². The Morgan fingerprint density at radius 1 is 1.17 bits per heavy atom. The Hall–Kier alpha value is -0.0800. The number of nitrogens with zero attached hydrogens (tertiary/aromatic N) is 1. The zero-order valence-corrected chi connectivity index (χ0v) is 7.89. The molecule has 0 spiro atoms. The molecule has 2 heteroatoms. The summed E-state index contributed by atoms with van der Waals surface area (Å²) in [5.74, 6) is 0. The molecule has 2 saturated heterocycles. The van der Waals surface area contributed by atoms with Crippen molar-refractivity contribution >= 4 is 0 Å². The van der Waals surface area contributed by atoms with Gasteiger partial charge in [-0.1, -0.05) is 0 Å². The van der Waals surface area contributed by atoms with Crippen LogP contribution in [0.1, 0.15) is 38.5 Å². The number of hydrogen-bond donors (Lipinski definition) is 1. The van der Waals surface area contributed by atoms with Gasteiger partial charge in [0.1, 0.15) is 0 Å². The summed E-state index contributed by atoms with van der Waals surface area (Å²) in [7, 11) is 0. The molecule has 2 heterocycles. The standard InChI is InChI=1S/C10H20N2/c11-7-1-4-10-5-2-8-12(10)9-3-6-10/h1-9,11H2. The lowest BCUT2D eigenvalue weighted by Gasteiger charge is -2.31. The van der Waals surface area contributed by atoms with Crippen molar-refractivity contribution in [3.8, 4) is 0 Å². The Bertz CT molecular complexity index is 146. The van der Waals surface area contributed by atoms with E-state index in [1.54, 1.807) is 0 Å². The van der Waals surface area contributed by atoms with E-state index in [-0.39, 0.29) is 0 Å². The van der Waals surface area contributed by atoms with Gasteiger partial charge in [-0.15, -0.1) is 0 Å². The summed E-state index contributed by atoms with van der Waals surface area (Å²) in [6.07, 6.45) is 8.29. The summed E-state index contributed by atoms with van der Waals surface area (Å²) in [5, 5.41) is 0. The summed E-state index contributed by atoms with van der Waals surface area (Å²) in [5.41, 5.74) is 6.18. The molecule has 0 atom stereocenters. The van der Waals surface area contributed by atoms with E-state index in [1.165, 1.54) is 51.6 Å². The molecule has 2 aliphatic rings. The van der Waals surface area contributed by atoms with Gasteiger partial charge in [0.15, 0.2) is 0 Å². The van der Waals surface area contributed by atoms with Gasteiger partial charge < -0.3 is 5.73 Å². The molecule has 0 saturated carbocycles. The minimum Gasteiger partial charge on any atom is -0.330 e. The third-order valence-electron chi connectivity index (χ3n) is 3.66. The monoisotopic (exact) mass is 168 g/mol. The van der Waals surface area contributed by atoms with Crippen LogP contribution in [0.5, 0.6) is 0 Å². The molecular weight excluding hydrogens is 148 g/mol. The molecule has 0 aromatic heterocycles. The van der Waals surface area contributed by atoms with Crippen molar-refractivity contribution in [3.63, 3.8) is 0 Å². The van der Waals surface area contributed by atoms with Crippen molar-refractivity contribution < 1.29 is 0 Å². The molecule has 0 bridgehead atoms. The van der Waals surface area contributed by atoms with Crippen molar-refractivity contribution in [3.05, 3.63) is 0 Å². The molecule has 70 valence electrons. The lowest BCUT2D eigenvalue weighted by Crippen LogP contribution is -2.38. The van der Waals surface area contributed by atoms with Crippen LogP contribution < -0.4 is 5.73 Å². The number of hydrogen-bond acceptors (Lipinski definition) is 2. The highest BCUT2D eigenvalue weighted by molar-refractivity contribution is 4.99. The molecule has 0 aromatic carbocycles. The topological polar surface area (TPSA) is 29.3 Å². The number of rotatable bonds is 3. The maximum atomic E-state index is 5.57. The maximum Gasteiger partial charge on any atom is 0.0211 e. The van der Waals surface area contributed by atoms with E-state index in [0.29, 0.717) is 5.54 Å². The van der Waals surface area contributed by atoms with E-state index in [4.69, 9.17) is 5.73 Å². The summed E-state index contributed by atoms with van der Waals surface area (Å²) < 4.78 is 0. The van der Waals surface area contributed by atoms with E-state index < -0.39 is 0 Å². The molecular formula is C10H20N2. The first kappa shape index (κ1) is 8.52. The van der Waals surface area contributed by atoms with Crippen LogP contribution in [0.4, 0.5) is 0 Å². The van der Waals surface area contributed by atoms with Crippen LogP contribution in [0.25, 0.3) is 0 Å². The SMILES string of the molecule is NCCCC12CCCN1CCC2. The molecule has 2 aliphatic heterocycles. The molecule has 12 heavy (non-hydrogen) atoms. The third-order valence-corrected chi connectivity index (χ3v) is 3.66. The predicted octanol–water partition coefficient (Wildman–Crippen LogP) is 1.35. The second kappa shape index (κ2) is 3.35. The van der Waals surface area contributed by atoms with Crippen molar-refractivity contribution in [2.24, 2.45) is 5.73 Å². The Morgan fingerprint density at radius 3 is 2.42 bits per heavy atom. The highest BCUT2D eigenvalue weighted by Gasteiger charge is 2.42. The molecule has 2 fully saturated rings. The van der Waals surface area contributed by atoms with Gasteiger partial charge in [-0.25, -0.2) is 0 Å². The van der Waals surface area contributed by atoms with E-state index >= 15 is 0 Å². The van der Waals surface area contributed by atoms with Crippen LogP contribution in [-0.2, 0) is 0 Å². The van der Waals surface area contributed by atoms with Gasteiger partial charge >= 0.3 is 0 Å². The summed E-state index contributed by atoms with van der Waals surface area (Å²) in [4.78, 5) is 2.71. The maximum absolute atomic E-state index is 5.57. The summed E-state index contributed by atoms with van der Waals surface area (Å²) >= 11 is 0. The van der Waals surface area contributed by atoms with E-state index in [0.717, 1.165) is 6.54 Å². The molecule has 0 radical (unpaired) electrons. The van der Waals surface area contributed by atoms with Crippen molar-refractivity contribution in [2.75, 3.05) is 19.6 Å². The highest BCUT2D eigenvalue weighted by Crippen LogP contribution is 2.41. The Labute approximate surface area is 75.1 Å². The van der Waals surface area contributed by atoms with Gasteiger partial charge in [0.2, 0.25) is 0 Å². The lowest BCUT2D eigenvalue weighted by molar-refractivity contribution is 0.180. The fourth-order valence-electron chi connectivity index (χ4n) is 3.06. The first-order valence-electron chi connectivity index (χ1n) is 5.32.